The van der Waals surface area contributed by atoms with Crippen molar-refractivity contribution in [2.75, 3.05) is 27.6 Å². The van der Waals surface area contributed by atoms with Gasteiger partial charge in [-0.15, -0.1) is 0 Å². The second-order valence-electron chi connectivity index (χ2n) is 6.93. The maximum absolute atomic E-state index is 11.0. The first-order valence-electron chi connectivity index (χ1n) is 8.33. The number of aliphatic hydroxyl groups is 1. The minimum Gasteiger partial charge on any atom is -0.492 e. The average Bonchev–Trinajstić information content (AvgIpc) is 3.14. The summed E-state index contributed by atoms with van der Waals surface area (Å²) in [6.45, 7) is 1.59. The lowest BCUT2D eigenvalue weighted by Gasteiger charge is -2.46. The standard InChI is InChI=1S/C18H21NO5/c1-21-10-3-4-18-12-6-13-17(24-9-23-13)16(22-2)11(12)7-19(8-15(18)20)14(18)5-10/h3-4,6,10,14-15,20H,5,7-9H2,1-2H3/t10-,14+,15-,18+/m0/s1. The number of nitrogens with zero attached hydrogens (tertiary/aromatic N) is 1. The van der Waals surface area contributed by atoms with Crippen molar-refractivity contribution in [3.63, 3.8) is 0 Å². The minimum absolute atomic E-state index is 0.0911. The molecular weight excluding hydrogens is 310 g/mol. The molecule has 1 saturated heterocycles. The molecule has 5 atom stereocenters. The highest BCUT2D eigenvalue weighted by molar-refractivity contribution is 5.65. The summed E-state index contributed by atoms with van der Waals surface area (Å²) in [5.74, 6) is 2.11. The zero-order valence-corrected chi connectivity index (χ0v) is 13.8. The fraction of sp³-hybridized carbons (Fsp3) is 0.556. The molecule has 2 bridgehead atoms. The van der Waals surface area contributed by atoms with E-state index in [1.165, 1.54) is 0 Å². The van der Waals surface area contributed by atoms with Gasteiger partial charge in [0.1, 0.15) is 0 Å². The Morgan fingerprint density at radius 3 is 3.00 bits per heavy atom. The third-order valence-corrected chi connectivity index (χ3v) is 6.05. The van der Waals surface area contributed by atoms with Gasteiger partial charge in [0.2, 0.25) is 12.5 Å². The van der Waals surface area contributed by atoms with Crippen molar-refractivity contribution in [1.82, 2.24) is 4.90 Å². The van der Waals surface area contributed by atoms with Gasteiger partial charge in [0.05, 0.1) is 24.7 Å². The molecule has 1 fully saturated rings. The lowest BCUT2D eigenvalue weighted by atomic mass is 9.65. The van der Waals surface area contributed by atoms with E-state index in [1.54, 1.807) is 14.2 Å². The predicted octanol–water partition coefficient (Wildman–Crippen LogP) is 1.20. The summed E-state index contributed by atoms with van der Waals surface area (Å²) >= 11 is 0. The van der Waals surface area contributed by atoms with Gasteiger partial charge in [-0.1, -0.05) is 12.2 Å². The summed E-state index contributed by atoms with van der Waals surface area (Å²) < 4.78 is 22.4. The molecule has 3 aliphatic heterocycles. The van der Waals surface area contributed by atoms with Crippen LogP contribution >= 0.6 is 0 Å². The van der Waals surface area contributed by atoms with Gasteiger partial charge in [0, 0.05) is 31.8 Å². The molecule has 5 rings (SSSR count). The first-order valence-corrected chi connectivity index (χ1v) is 8.33. The van der Waals surface area contributed by atoms with Crippen LogP contribution in [0.25, 0.3) is 0 Å². The van der Waals surface area contributed by atoms with Crippen LogP contribution in [0.15, 0.2) is 18.2 Å². The van der Waals surface area contributed by atoms with Crippen molar-refractivity contribution in [2.24, 2.45) is 0 Å². The van der Waals surface area contributed by atoms with Crippen LogP contribution in [0.2, 0.25) is 0 Å². The third kappa shape index (κ3) is 1.61. The van der Waals surface area contributed by atoms with Gasteiger partial charge < -0.3 is 24.1 Å². The molecule has 1 unspecified atom stereocenters. The Morgan fingerprint density at radius 2 is 2.21 bits per heavy atom. The number of hydrogen-bond donors (Lipinski definition) is 1. The number of hydrogen-bond acceptors (Lipinski definition) is 6. The molecule has 1 N–H and O–H groups in total. The molecule has 0 radical (unpaired) electrons. The van der Waals surface area contributed by atoms with Gasteiger partial charge in [0.15, 0.2) is 11.5 Å². The number of fused-ring (bicyclic) bond motifs is 2. The Hall–Kier alpha value is -1.76. The minimum atomic E-state index is -0.456. The van der Waals surface area contributed by atoms with Crippen LogP contribution in [0.3, 0.4) is 0 Å². The summed E-state index contributed by atoms with van der Waals surface area (Å²) in [4.78, 5) is 2.34. The summed E-state index contributed by atoms with van der Waals surface area (Å²) in [6, 6.07) is 2.26. The topological polar surface area (TPSA) is 60.4 Å². The quantitative estimate of drug-likeness (QED) is 0.822. The van der Waals surface area contributed by atoms with E-state index >= 15 is 0 Å². The molecule has 0 saturated carbocycles. The zero-order valence-electron chi connectivity index (χ0n) is 13.8. The fourth-order valence-corrected chi connectivity index (χ4v) is 4.97. The van der Waals surface area contributed by atoms with E-state index in [2.05, 4.69) is 17.1 Å². The number of ether oxygens (including phenoxy) is 4. The summed E-state index contributed by atoms with van der Waals surface area (Å²) in [5, 5.41) is 11.0. The Bertz CT molecular complexity index is 733. The molecule has 6 heteroatoms. The SMILES string of the molecule is COc1c2c(cc3c1OCO3)[C@]13C=C[C@H](OC)C[C@H]1N(C2)C[C@@H]3O. The van der Waals surface area contributed by atoms with Gasteiger partial charge >= 0.3 is 0 Å². The van der Waals surface area contributed by atoms with E-state index in [-0.39, 0.29) is 18.9 Å². The Morgan fingerprint density at radius 1 is 1.33 bits per heavy atom. The maximum Gasteiger partial charge on any atom is 0.231 e. The third-order valence-electron chi connectivity index (χ3n) is 6.05. The molecule has 1 aliphatic carbocycles. The molecule has 1 aromatic carbocycles. The number of rotatable bonds is 2. The second-order valence-corrected chi connectivity index (χ2v) is 6.93. The molecule has 128 valence electrons. The van der Waals surface area contributed by atoms with E-state index in [1.807, 2.05) is 6.07 Å². The molecule has 0 aromatic heterocycles. The largest absolute Gasteiger partial charge is 0.492 e. The van der Waals surface area contributed by atoms with Gasteiger partial charge in [0.25, 0.3) is 0 Å². The Balaban J connectivity index is 1.76. The van der Waals surface area contributed by atoms with Crippen LogP contribution in [-0.2, 0) is 16.7 Å². The molecule has 24 heavy (non-hydrogen) atoms. The van der Waals surface area contributed by atoms with Crippen molar-refractivity contribution < 1.29 is 24.1 Å². The molecule has 4 aliphatic rings. The van der Waals surface area contributed by atoms with Crippen LogP contribution in [0, 0.1) is 0 Å². The smallest absolute Gasteiger partial charge is 0.231 e. The molecule has 3 heterocycles. The number of aliphatic hydroxyl groups excluding tert-OH is 1. The van der Waals surface area contributed by atoms with E-state index in [0.717, 1.165) is 29.8 Å². The van der Waals surface area contributed by atoms with E-state index in [0.29, 0.717) is 18.0 Å². The second kappa shape index (κ2) is 4.88. The van der Waals surface area contributed by atoms with Crippen molar-refractivity contribution in [2.45, 2.75) is 36.6 Å². The van der Waals surface area contributed by atoms with Crippen molar-refractivity contribution >= 4 is 0 Å². The zero-order chi connectivity index (χ0) is 16.5. The van der Waals surface area contributed by atoms with Crippen molar-refractivity contribution in [1.29, 1.82) is 0 Å². The lowest BCUT2D eigenvalue weighted by molar-refractivity contribution is 0.0655. The highest BCUT2D eigenvalue weighted by Gasteiger charge is 2.59. The van der Waals surface area contributed by atoms with Crippen LogP contribution in [0.5, 0.6) is 17.2 Å². The van der Waals surface area contributed by atoms with Gasteiger partial charge in [-0.2, -0.15) is 0 Å². The average molecular weight is 331 g/mol. The van der Waals surface area contributed by atoms with Crippen molar-refractivity contribution in [3.05, 3.63) is 29.3 Å². The maximum atomic E-state index is 11.0. The summed E-state index contributed by atoms with van der Waals surface area (Å²) in [5.41, 5.74) is 1.76. The van der Waals surface area contributed by atoms with Crippen LogP contribution in [0.4, 0.5) is 0 Å². The van der Waals surface area contributed by atoms with Crippen molar-refractivity contribution in [3.8, 4) is 17.2 Å². The Labute approximate surface area is 140 Å². The van der Waals surface area contributed by atoms with E-state index in [9.17, 15) is 5.11 Å². The number of benzene rings is 1. The van der Waals surface area contributed by atoms with Crippen LogP contribution in [-0.4, -0.2) is 55.8 Å². The fourth-order valence-electron chi connectivity index (χ4n) is 4.97. The summed E-state index contributed by atoms with van der Waals surface area (Å²) in [6.07, 6.45) is 4.73. The highest BCUT2D eigenvalue weighted by Crippen LogP contribution is 2.57. The first-order chi connectivity index (χ1) is 11.7. The highest BCUT2D eigenvalue weighted by atomic mass is 16.7. The van der Waals surface area contributed by atoms with E-state index < -0.39 is 11.5 Å². The first kappa shape index (κ1) is 14.6. The van der Waals surface area contributed by atoms with Gasteiger partial charge in [-0.25, -0.2) is 0 Å². The monoisotopic (exact) mass is 331 g/mol. The molecule has 1 aromatic rings. The predicted molar refractivity (Wildman–Crippen MR) is 85.6 cm³/mol. The van der Waals surface area contributed by atoms with Gasteiger partial charge in [-0.05, 0) is 18.1 Å². The van der Waals surface area contributed by atoms with Crippen LogP contribution in [0.1, 0.15) is 17.5 Å². The molecule has 6 nitrogen and oxygen atoms in total. The molecule has 0 amide bonds. The van der Waals surface area contributed by atoms with Crippen LogP contribution < -0.4 is 14.2 Å². The normalized spacial score (nSPS) is 38.0. The summed E-state index contributed by atoms with van der Waals surface area (Å²) in [7, 11) is 3.39. The number of methoxy groups -OCH3 is 2. The lowest BCUT2D eigenvalue weighted by Crippen LogP contribution is -2.52. The Kier molecular flexibility index (Phi) is 2.96. The van der Waals surface area contributed by atoms with E-state index in [4.69, 9.17) is 18.9 Å². The molecule has 0 spiro atoms. The van der Waals surface area contributed by atoms with Gasteiger partial charge in [-0.3, -0.25) is 4.90 Å². The molecular formula is C18H21NO5.